The van der Waals surface area contributed by atoms with Crippen molar-refractivity contribution in [2.75, 3.05) is 0 Å². The van der Waals surface area contributed by atoms with E-state index in [9.17, 15) is 4.79 Å². The van der Waals surface area contributed by atoms with Gasteiger partial charge in [-0.3, -0.25) is 4.79 Å². The van der Waals surface area contributed by atoms with Gasteiger partial charge >= 0.3 is 5.97 Å². The highest BCUT2D eigenvalue weighted by atomic mass is 16.5. The molecule has 2 nitrogen and oxygen atoms in total. The Morgan fingerprint density at radius 3 is 1.67 bits per heavy atom. The van der Waals surface area contributed by atoms with Crippen molar-refractivity contribution >= 4 is 5.97 Å². The summed E-state index contributed by atoms with van der Waals surface area (Å²) in [4.78, 5) is 11.9. The van der Waals surface area contributed by atoms with Gasteiger partial charge in [0.1, 0.15) is 6.10 Å². The Bertz CT molecular complexity index is 298. The summed E-state index contributed by atoms with van der Waals surface area (Å²) < 4.78 is 5.45. The zero-order chi connectivity index (χ0) is 18.4. The Morgan fingerprint density at radius 2 is 1.21 bits per heavy atom. The van der Waals surface area contributed by atoms with Gasteiger partial charge < -0.3 is 4.74 Å². The third-order valence-electron chi connectivity index (χ3n) is 5.36. The van der Waals surface area contributed by atoms with Crippen LogP contribution in [-0.4, -0.2) is 12.1 Å². The van der Waals surface area contributed by atoms with Gasteiger partial charge in [0.05, 0.1) is 0 Å². The minimum absolute atomic E-state index is 0.0231. The molecule has 0 aromatic carbocycles. The molecule has 2 heteroatoms. The van der Waals surface area contributed by atoms with Crippen LogP contribution in [0.25, 0.3) is 0 Å². The standard InChI is InChI=1S/C22H44O2/c1-7-19(4)15-13-11-9-8-10-12-14-16-20(5)17-22(23)24-21(6)18(2)3/h18-21H,7-17H2,1-6H3/t19-,20-,21-/m0/s1. The second-order valence-electron chi connectivity index (χ2n) is 8.31. The van der Waals surface area contributed by atoms with Crippen LogP contribution in [0, 0.1) is 17.8 Å². The fraction of sp³-hybridized carbons (Fsp3) is 0.955. The number of carbonyl (C=O) groups is 1. The zero-order valence-electron chi connectivity index (χ0n) is 17.4. The number of ether oxygens (including phenoxy) is 1. The van der Waals surface area contributed by atoms with Crippen molar-refractivity contribution in [3.05, 3.63) is 0 Å². The van der Waals surface area contributed by atoms with Crippen LogP contribution < -0.4 is 0 Å². The van der Waals surface area contributed by atoms with Crippen molar-refractivity contribution in [1.29, 1.82) is 0 Å². The summed E-state index contributed by atoms with van der Waals surface area (Å²) in [5.74, 6) is 1.73. The van der Waals surface area contributed by atoms with E-state index >= 15 is 0 Å². The molecule has 0 saturated heterocycles. The molecule has 0 aliphatic rings. The average Bonchev–Trinajstić information content (AvgIpc) is 2.52. The lowest BCUT2D eigenvalue weighted by molar-refractivity contribution is -0.151. The third-order valence-corrected chi connectivity index (χ3v) is 5.36. The van der Waals surface area contributed by atoms with Crippen molar-refractivity contribution in [3.8, 4) is 0 Å². The minimum Gasteiger partial charge on any atom is -0.462 e. The van der Waals surface area contributed by atoms with E-state index in [4.69, 9.17) is 4.74 Å². The molecule has 0 bridgehead atoms. The number of esters is 1. The molecule has 0 amide bonds. The van der Waals surface area contributed by atoms with E-state index in [1.807, 2.05) is 6.92 Å². The van der Waals surface area contributed by atoms with Crippen LogP contribution >= 0.6 is 0 Å². The molecule has 0 aromatic heterocycles. The monoisotopic (exact) mass is 340 g/mol. The topological polar surface area (TPSA) is 26.3 Å². The lowest BCUT2D eigenvalue weighted by Gasteiger charge is -2.18. The molecule has 0 aliphatic carbocycles. The summed E-state index contributed by atoms with van der Waals surface area (Å²) in [5.41, 5.74) is 0. The first kappa shape index (κ1) is 23.5. The largest absolute Gasteiger partial charge is 0.462 e. The lowest BCUT2D eigenvalue weighted by Crippen LogP contribution is -2.21. The molecule has 0 spiro atoms. The molecule has 0 N–H and O–H groups in total. The first-order valence-electron chi connectivity index (χ1n) is 10.6. The number of carbonyl (C=O) groups excluding carboxylic acids is 1. The number of hydrogen-bond acceptors (Lipinski definition) is 2. The van der Waals surface area contributed by atoms with Crippen LogP contribution in [0.15, 0.2) is 0 Å². The summed E-state index contributed by atoms with van der Waals surface area (Å²) in [5, 5.41) is 0. The molecule has 0 heterocycles. The van der Waals surface area contributed by atoms with Gasteiger partial charge in [-0.1, -0.05) is 98.8 Å². The second-order valence-corrected chi connectivity index (χ2v) is 8.31. The molecule has 0 fully saturated rings. The van der Waals surface area contributed by atoms with Crippen molar-refractivity contribution in [1.82, 2.24) is 0 Å². The Morgan fingerprint density at radius 1 is 0.750 bits per heavy atom. The maximum absolute atomic E-state index is 11.9. The quantitative estimate of drug-likeness (QED) is 0.233. The summed E-state index contributed by atoms with van der Waals surface area (Å²) >= 11 is 0. The van der Waals surface area contributed by atoms with Gasteiger partial charge in [-0.2, -0.15) is 0 Å². The smallest absolute Gasteiger partial charge is 0.306 e. The zero-order valence-corrected chi connectivity index (χ0v) is 17.4. The van der Waals surface area contributed by atoms with E-state index in [0.29, 0.717) is 18.3 Å². The third kappa shape index (κ3) is 13.9. The average molecular weight is 341 g/mol. The molecule has 0 rings (SSSR count). The fourth-order valence-corrected chi connectivity index (χ4v) is 2.85. The molecule has 144 valence electrons. The van der Waals surface area contributed by atoms with E-state index < -0.39 is 0 Å². The van der Waals surface area contributed by atoms with Gasteiger partial charge in [-0.05, 0) is 24.7 Å². The highest BCUT2D eigenvalue weighted by Crippen LogP contribution is 2.18. The lowest BCUT2D eigenvalue weighted by atomic mass is 9.98. The molecule has 24 heavy (non-hydrogen) atoms. The Labute approximate surface area is 152 Å². The van der Waals surface area contributed by atoms with Crippen LogP contribution in [0.1, 0.15) is 112 Å². The fourth-order valence-electron chi connectivity index (χ4n) is 2.85. The van der Waals surface area contributed by atoms with E-state index in [1.165, 1.54) is 57.8 Å². The van der Waals surface area contributed by atoms with Crippen LogP contribution in [0.4, 0.5) is 0 Å². The summed E-state index contributed by atoms with van der Waals surface area (Å²) in [7, 11) is 0. The van der Waals surface area contributed by atoms with Gasteiger partial charge in [-0.15, -0.1) is 0 Å². The summed E-state index contributed by atoms with van der Waals surface area (Å²) in [6, 6.07) is 0. The molecule has 0 aliphatic heterocycles. The molecule has 0 radical (unpaired) electrons. The highest BCUT2D eigenvalue weighted by molar-refractivity contribution is 5.69. The number of rotatable bonds is 15. The number of hydrogen-bond donors (Lipinski definition) is 0. The molecule has 0 aromatic rings. The molecular formula is C22H44O2. The van der Waals surface area contributed by atoms with Gasteiger partial charge in [-0.25, -0.2) is 0 Å². The Hall–Kier alpha value is -0.530. The summed E-state index contributed by atoms with van der Waals surface area (Å²) in [6.07, 6.45) is 14.0. The van der Waals surface area contributed by atoms with Crippen LogP contribution in [-0.2, 0) is 9.53 Å². The van der Waals surface area contributed by atoms with Gasteiger partial charge in [0.2, 0.25) is 0 Å². The Balaban J connectivity index is 3.46. The van der Waals surface area contributed by atoms with E-state index in [-0.39, 0.29) is 12.1 Å². The van der Waals surface area contributed by atoms with Crippen molar-refractivity contribution in [2.24, 2.45) is 17.8 Å². The Kier molecular flexibility index (Phi) is 14.5. The number of unbranched alkanes of at least 4 members (excludes halogenated alkanes) is 6. The normalized spacial score (nSPS) is 15.3. The highest BCUT2D eigenvalue weighted by Gasteiger charge is 2.15. The maximum Gasteiger partial charge on any atom is 0.306 e. The van der Waals surface area contributed by atoms with Gasteiger partial charge in [0.15, 0.2) is 0 Å². The SMILES string of the molecule is CC[C@H](C)CCCCCCCCC[C@H](C)CC(=O)O[C@@H](C)C(C)C. The van der Waals surface area contributed by atoms with Crippen LogP contribution in [0.2, 0.25) is 0 Å². The predicted octanol–water partition coefficient (Wildman–Crippen LogP) is 7.16. The van der Waals surface area contributed by atoms with E-state index in [0.717, 1.165) is 12.3 Å². The first-order chi connectivity index (χ1) is 11.4. The molecule has 3 atom stereocenters. The molecule has 0 saturated carbocycles. The van der Waals surface area contributed by atoms with E-state index in [2.05, 4.69) is 34.6 Å². The molecule has 0 unspecified atom stereocenters. The van der Waals surface area contributed by atoms with Gasteiger partial charge in [0.25, 0.3) is 0 Å². The first-order valence-corrected chi connectivity index (χ1v) is 10.6. The van der Waals surface area contributed by atoms with Crippen molar-refractivity contribution in [3.63, 3.8) is 0 Å². The predicted molar refractivity (Wildman–Crippen MR) is 105 cm³/mol. The van der Waals surface area contributed by atoms with Gasteiger partial charge in [0, 0.05) is 6.42 Å². The van der Waals surface area contributed by atoms with Crippen LogP contribution in [0.5, 0.6) is 0 Å². The van der Waals surface area contributed by atoms with Crippen molar-refractivity contribution < 1.29 is 9.53 Å². The van der Waals surface area contributed by atoms with Crippen molar-refractivity contribution in [2.45, 2.75) is 118 Å². The van der Waals surface area contributed by atoms with Crippen LogP contribution in [0.3, 0.4) is 0 Å². The maximum atomic E-state index is 11.9. The summed E-state index contributed by atoms with van der Waals surface area (Å²) in [6.45, 7) is 13.0. The second kappa shape index (κ2) is 14.8. The minimum atomic E-state index is -0.0231. The molecular weight excluding hydrogens is 296 g/mol. The van der Waals surface area contributed by atoms with E-state index in [1.54, 1.807) is 0 Å².